The van der Waals surface area contributed by atoms with Crippen LogP contribution < -0.4 is 5.56 Å². The highest BCUT2D eigenvalue weighted by Gasteiger charge is 2.44. The van der Waals surface area contributed by atoms with E-state index in [1.54, 1.807) is 30.3 Å². The summed E-state index contributed by atoms with van der Waals surface area (Å²) in [5, 5.41) is 7.78. The molecule has 2 aliphatic heterocycles. The minimum Gasteiger partial charge on any atom is -0.338 e. The Hall–Kier alpha value is -3.27. The Morgan fingerprint density at radius 3 is 2.38 bits per heavy atom. The highest BCUT2D eigenvalue weighted by atomic mass is 19.4. The number of likely N-dealkylation sites (tertiary alicyclic amines) is 2. The summed E-state index contributed by atoms with van der Waals surface area (Å²) in [7, 11) is 0. The van der Waals surface area contributed by atoms with E-state index in [0.29, 0.717) is 35.1 Å². The maximum Gasteiger partial charge on any atom is 0.401 e. The molecule has 2 fully saturated rings. The molecule has 3 heterocycles. The molecule has 1 amide bonds. The van der Waals surface area contributed by atoms with Crippen LogP contribution in [0.3, 0.4) is 0 Å². The average molecular weight is 474 g/mol. The molecule has 2 unspecified atom stereocenters. The number of hydrogen-bond donors (Lipinski definition) is 1. The standard InChI is InChI=1S/C24H22F4N4O2/c25-20-6-5-14(8-21-17-3-1-2-4-18(17)22(33)30-29-21)7-19(20)23(34)32-11-15-9-31(10-16(15)12-32)13-24(26,27)28/h1-7,15-16H,8-13H2,(H,30,33). The van der Waals surface area contributed by atoms with E-state index in [1.165, 1.54) is 21.9 Å². The number of amides is 1. The Labute approximate surface area is 192 Å². The number of fused-ring (bicyclic) bond motifs is 2. The molecule has 0 radical (unpaired) electrons. The summed E-state index contributed by atoms with van der Waals surface area (Å²) < 4.78 is 52.7. The summed E-state index contributed by atoms with van der Waals surface area (Å²) in [4.78, 5) is 28.0. The number of alkyl halides is 3. The van der Waals surface area contributed by atoms with Crippen LogP contribution in [0, 0.1) is 17.7 Å². The van der Waals surface area contributed by atoms with Gasteiger partial charge in [0, 0.05) is 38.0 Å². The van der Waals surface area contributed by atoms with Crippen molar-refractivity contribution in [1.82, 2.24) is 20.0 Å². The molecule has 0 aliphatic carbocycles. The molecule has 2 aliphatic rings. The largest absolute Gasteiger partial charge is 0.401 e. The molecule has 1 N–H and O–H groups in total. The minimum absolute atomic E-state index is 0.0470. The highest BCUT2D eigenvalue weighted by Crippen LogP contribution is 2.34. The number of H-pyrrole nitrogens is 1. The third kappa shape index (κ3) is 4.42. The van der Waals surface area contributed by atoms with Crippen LogP contribution in [-0.2, 0) is 6.42 Å². The summed E-state index contributed by atoms with van der Waals surface area (Å²) in [5.41, 5.74) is 0.881. The second-order valence-corrected chi connectivity index (χ2v) is 9.08. The molecule has 0 spiro atoms. The molecule has 0 saturated carbocycles. The monoisotopic (exact) mass is 474 g/mol. The molecule has 2 aromatic carbocycles. The Morgan fingerprint density at radius 1 is 1.03 bits per heavy atom. The lowest BCUT2D eigenvalue weighted by atomic mass is 10.0. The van der Waals surface area contributed by atoms with E-state index in [-0.39, 0.29) is 42.5 Å². The van der Waals surface area contributed by atoms with E-state index in [4.69, 9.17) is 0 Å². The Morgan fingerprint density at radius 2 is 1.71 bits per heavy atom. The summed E-state index contributed by atoms with van der Waals surface area (Å²) in [6.07, 6.45) is -3.96. The fraction of sp³-hybridized carbons (Fsp3) is 0.375. The highest BCUT2D eigenvalue weighted by molar-refractivity contribution is 5.95. The Bertz CT molecular complexity index is 1290. The van der Waals surface area contributed by atoms with Crippen molar-refractivity contribution in [1.29, 1.82) is 0 Å². The van der Waals surface area contributed by atoms with Gasteiger partial charge in [-0.05, 0) is 35.6 Å². The van der Waals surface area contributed by atoms with E-state index in [1.807, 2.05) is 0 Å². The number of benzene rings is 2. The van der Waals surface area contributed by atoms with E-state index in [2.05, 4.69) is 10.2 Å². The zero-order valence-electron chi connectivity index (χ0n) is 18.1. The van der Waals surface area contributed by atoms with Crippen molar-refractivity contribution in [2.24, 2.45) is 11.8 Å². The van der Waals surface area contributed by atoms with Crippen molar-refractivity contribution in [3.8, 4) is 0 Å². The summed E-state index contributed by atoms with van der Waals surface area (Å²) >= 11 is 0. The Kier molecular flexibility index (Phi) is 5.63. The zero-order chi connectivity index (χ0) is 24.0. The maximum absolute atomic E-state index is 14.6. The van der Waals surface area contributed by atoms with Crippen molar-refractivity contribution in [2.75, 3.05) is 32.7 Å². The second-order valence-electron chi connectivity index (χ2n) is 9.08. The topological polar surface area (TPSA) is 69.3 Å². The number of rotatable bonds is 4. The van der Waals surface area contributed by atoms with Crippen molar-refractivity contribution in [3.05, 3.63) is 75.5 Å². The number of hydrogen-bond acceptors (Lipinski definition) is 4. The van der Waals surface area contributed by atoms with Crippen molar-refractivity contribution >= 4 is 16.7 Å². The molecule has 1 aromatic heterocycles. The molecule has 34 heavy (non-hydrogen) atoms. The van der Waals surface area contributed by atoms with Gasteiger partial charge in [0.2, 0.25) is 0 Å². The molecule has 5 rings (SSSR count). The molecule has 6 nitrogen and oxygen atoms in total. The maximum atomic E-state index is 14.6. The molecule has 3 aromatic rings. The van der Waals surface area contributed by atoms with Crippen molar-refractivity contribution in [3.63, 3.8) is 0 Å². The van der Waals surface area contributed by atoms with Gasteiger partial charge < -0.3 is 4.90 Å². The van der Waals surface area contributed by atoms with Gasteiger partial charge in [0.05, 0.1) is 23.2 Å². The predicted octanol–water partition coefficient (Wildman–Crippen LogP) is 3.22. The number of aromatic nitrogens is 2. The first-order chi connectivity index (χ1) is 16.2. The van der Waals surface area contributed by atoms with E-state index >= 15 is 0 Å². The minimum atomic E-state index is -4.25. The first kappa shape index (κ1) is 22.5. The summed E-state index contributed by atoms with van der Waals surface area (Å²) in [5.74, 6) is -1.21. The Balaban J connectivity index is 1.32. The zero-order valence-corrected chi connectivity index (χ0v) is 18.1. The van der Waals surface area contributed by atoms with Crippen LogP contribution >= 0.6 is 0 Å². The lowest BCUT2D eigenvalue weighted by Crippen LogP contribution is -2.37. The molecule has 2 atom stereocenters. The SMILES string of the molecule is O=C(c1cc(Cc2n[nH]c(=O)c3ccccc23)ccc1F)N1CC2CN(CC(F)(F)F)CC2C1. The van der Waals surface area contributed by atoms with Gasteiger partial charge in [-0.15, -0.1) is 0 Å². The van der Waals surface area contributed by atoms with Crippen LogP contribution in [0.4, 0.5) is 17.6 Å². The van der Waals surface area contributed by atoms with E-state index in [9.17, 15) is 27.2 Å². The quantitative estimate of drug-likeness (QED) is 0.590. The third-order valence-corrected chi connectivity index (χ3v) is 6.66. The number of nitrogens with one attached hydrogen (secondary N) is 1. The molecule has 178 valence electrons. The number of carbonyl (C=O) groups is 1. The smallest absolute Gasteiger partial charge is 0.338 e. The molecule has 2 saturated heterocycles. The van der Waals surface area contributed by atoms with Crippen LogP contribution in [0.2, 0.25) is 0 Å². The van der Waals surface area contributed by atoms with Crippen LogP contribution in [0.5, 0.6) is 0 Å². The lowest BCUT2D eigenvalue weighted by molar-refractivity contribution is -0.144. The fourth-order valence-corrected chi connectivity index (χ4v) is 5.15. The first-order valence-electron chi connectivity index (χ1n) is 11.0. The predicted molar refractivity (Wildman–Crippen MR) is 117 cm³/mol. The number of halogens is 4. The molecule has 0 bridgehead atoms. The number of carbonyl (C=O) groups excluding carboxylic acids is 1. The van der Waals surface area contributed by atoms with Gasteiger partial charge in [-0.25, -0.2) is 9.49 Å². The molecular formula is C24H22F4N4O2. The average Bonchev–Trinajstić information content (AvgIpc) is 3.34. The van der Waals surface area contributed by atoms with E-state index in [0.717, 1.165) is 0 Å². The van der Waals surface area contributed by atoms with Gasteiger partial charge in [-0.2, -0.15) is 18.3 Å². The van der Waals surface area contributed by atoms with Gasteiger partial charge in [0.15, 0.2) is 0 Å². The van der Waals surface area contributed by atoms with Crippen molar-refractivity contribution < 1.29 is 22.4 Å². The number of aromatic amines is 1. The number of nitrogens with zero attached hydrogens (tertiary/aromatic N) is 3. The first-order valence-corrected chi connectivity index (χ1v) is 11.0. The lowest BCUT2D eigenvalue weighted by Gasteiger charge is -2.22. The summed E-state index contributed by atoms with van der Waals surface area (Å²) in [6, 6.07) is 11.3. The molecule has 10 heteroatoms. The molecular weight excluding hydrogens is 452 g/mol. The van der Waals surface area contributed by atoms with Gasteiger partial charge in [0.25, 0.3) is 11.5 Å². The van der Waals surface area contributed by atoms with Crippen LogP contribution in [-0.4, -0.2) is 64.8 Å². The van der Waals surface area contributed by atoms with Gasteiger partial charge in [-0.1, -0.05) is 24.3 Å². The van der Waals surface area contributed by atoms with Gasteiger partial charge >= 0.3 is 6.18 Å². The summed E-state index contributed by atoms with van der Waals surface area (Å²) in [6.45, 7) is 0.238. The van der Waals surface area contributed by atoms with Crippen LogP contribution in [0.25, 0.3) is 10.8 Å². The van der Waals surface area contributed by atoms with Crippen LogP contribution in [0.15, 0.2) is 47.3 Å². The van der Waals surface area contributed by atoms with Gasteiger partial charge in [-0.3, -0.25) is 14.5 Å². The van der Waals surface area contributed by atoms with Gasteiger partial charge in [0.1, 0.15) is 5.82 Å². The third-order valence-electron chi connectivity index (χ3n) is 6.66. The second kappa shape index (κ2) is 8.50. The van der Waals surface area contributed by atoms with E-state index < -0.39 is 24.4 Å². The fourth-order valence-electron chi connectivity index (χ4n) is 5.15. The van der Waals surface area contributed by atoms with Crippen LogP contribution in [0.1, 0.15) is 21.6 Å². The normalized spacial score (nSPS) is 20.8. The van der Waals surface area contributed by atoms with Crippen molar-refractivity contribution in [2.45, 2.75) is 12.6 Å².